The first-order valence-corrected chi connectivity index (χ1v) is 7.76. The summed E-state index contributed by atoms with van der Waals surface area (Å²) in [6, 6.07) is 0.353. The smallest absolute Gasteiger partial charge is 0.238 e. The van der Waals surface area contributed by atoms with Crippen molar-refractivity contribution < 1.29 is 4.79 Å². The Bertz CT molecular complexity index is 390. The summed E-state index contributed by atoms with van der Waals surface area (Å²) in [5.74, 6) is 1.55. The molecule has 3 rings (SSSR count). The quantitative estimate of drug-likeness (QED) is 0.682. The minimum atomic E-state index is 0.231. The van der Waals surface area contributed by atoms with Gasteiger partial charge in [0.2, 0.25) is 5.91 Å². The van der Waals surface area contributed by atoms with Crippen molar-refractivity contribution in [3.63, 3.8) is 0 Å². The van der Waals surface area contributed by atoms with E-state index in [1.54, 1.807) is 0 Å². The fraction of sp³-hybridized carbons (Fsp3) is 0.846. The van der Waals surface area contributed by atoms with Crippen molar-refractivity contribution >= 4 is 34.2 Å². The Morgan fingerprint density at radius 2 is 2.12 bits per heavy atom. The SMILES string of the molecule is CC1(C)C2CCC1(C)C(N1C(=O)CSC1=S)C2. The van der Waals surface area contributed by atoms with Crippen LogP contribution in [0.1, 0.15) is 40.0 Å². The Hall–Kier alpha value is -0.0900. The van der Waals surface area contributed by atoms with Crippen molar-refractivity contribution in [1.29, 1.82) is 0 Å². The first kappa shape index (κ1) is 12.0. The average Bonchev–Trinajstić information content (AvgIpc) is 2.75. The summed E-state index contributed by atoms with van der Waals surface area (Å²) < 4.78 is 0.810. The normalized spacial score (nSPS) is 43.8. The Morgan fingerprint density at radius 3 is 2.53 bits per heavy atom. The van der Waals surface area contributed by atoms with Crippen LogP contribution in [0.3, 0.4) is 0 Å². The molecule has 3 unspecified atom stereocenters. The number of carbonyl (C=O) groups excluding carboxylic acids is 1. The molecule has 0 radical (unpaired) electrons. The third-order valence-corrected chi connectivity index (χ3v) is 7.23. The molecule has 3 atom stereocenters. The van der Waals surface area contributed by atoms with Crippen LogP contribution in [-0.4, -0.2) is 26.9 Å². The van der Waals surface area contributed by atoms with E-state index in [0.29, 0.717) is 17.2 Å². The van der Waals surface area contributed by atoms with Gasteiger partial charge in [-0.2, -0.15) is 0 Å². The lowest BCUT2D eigenvalue weighted by molar-refractivity contribution is -0.127. The summed E-state index contributed by atoms with van der Waals surface area (Å²) in [4.78, 5) is 14.0. The molecule has 1 heterocycles. The fourth-order valence-corrected chi connectivity index (χ4v) is 5.38. The Labute approximate surface area is 113 Å². The lowest BCUT2D eigenvalue weighted by atomic mass is 9.69. The molecule has 1 aliphatic heterocycles. The minimum absolute atomic E-state index is 0.231. The van der Waals surface area contributed by atoms with Crippen LogP contribution in [-0.2, 0) is 4.79 Å². The maximum atomic E-state index is 12.0. The van der Waals surface area contributed by atoms with Gasteiger partial charge < -0.3 is 0 Å². The van der Waals surface area contributed by atoms with Crippen molar-refractivity contribution in [3.8, 4) is 0 Å². The lowest BCUT2D eigenvalue weighted by Crippen LogP contribution is -2.49. The molecule has 0 aromatic heterocycles. The van der Waals surface area contributed by atoms with Crippen molar-refractivity contribution in [1.82, 2.24) is 4.90 Å². The Morgan fingerprint density at radius 1 is 1.41 bits per heavy atom. The second kappa shape index (κ2) is 3.47. The van der Waals surface area contributed by atoms with Gasteiger partial charge in [-0.05, 0) is 36.0 Å². The van der Waals surface area contributed by atoms with Crippen LogP contribution in [0.15, 0.2) is 0 Å². The number of nitrogens with zero attached hydrogens (tertiary/aromatic N) is 1. The van der Waals surface area contributed by atoms with Crippen LogP contribution in [0.5, 0.6) is 0 Å². The Balaban J connectivity index is 1.97. The predicted octanol–water partition coefficient (Wildman–Crippen LogP) is 3.06. The number of thiocarbonyl (C=S) groups is 1. The highest BCUT2D eigenvalue weighted by Gasteiger charge is 2.64. The topological polar surface area (TPSA) is 20.3 Å². The monoisotopic (exact) mass is 269 g/mol. The van der Waals surface area contributed by atoms with Gasteiger partial charge in [-0.3, -0.25) is 9.69 Å². The number of hydrogen-bond acceptors (Lipinski definition) is 3. The molecular weight excluding hydrogens is 250 g/mol. The number of thioether (sulfide) groups is 1. The van der Waals surface area contributed by atoms with Crippen molar-refractivity contribution in [2.75, 3.05) is 5.75 Å². The van der Waals surface area contributed by atoms with Gasteiger partial charge in [0, 0.05) is 6.04 Å². The van der Waals surface area contributed by atoms with Crippen LogP contribution in [0, 0.1) is 16.7 Å². The standard InChI is InChI=1S/C13H19NOS2/c1-12(2)8-4-5-13(12,3)9(6-8)14-10(15)7-17-11(14)16/h8-9H,4-7H2,1-3H3. The summed E-state index contributed by atoms with van der Waals surface area (Å²) >= 11 is 6.90. The third kappa shape index (κ3) is 1.34. The van der Waals surface area contributed by atoms with Crippen LogP contribution < -0.4 is 0 Å². The molecule has 2 aliphatic carbocycles. The summed E-state index contributed by atoms with van der Waals surface area (Å²) in [6.07, 6.45) is 3.71. The van der Waals surface area contributed by atoms with E-state index in [9.17, 15) is 4.79 Å². The molecule has 1 amide bonds. The van der Waals surface area contributed by atoms with E-state index in [0.717, 1.165) is 16.7 Å². The van der Waals surface area contributed by atoms with Gasteiger partial charge in [-0.1, -0.05) is 44.8 Å². The summed E-state index contributed by atoms with van der Waals surface area (Å²) in [5.41, 5.74) is 0.600. The molecule has 3 fully saturated rings. The maximum Gasteiger partial charge on any atom is 0.238 e. The molecule has 0 aromatic carbocycles. The fourth-order valence-electron chi connectivity index (χ4n) is 4.22. The van der Waals surface area contributed by atoms with Crippen LogP contribution in [0.2, 0.25) is 0 Å². The van der Waals surface area contributed by atoms with E-state index in [1.165, 1.54) is 24.6 Å². The highest BCUT2D eigenvalue weighted by Crippen LogP contribution is 2.67. The highest BCUT2D eigenvalue weighted by atomic mass is 32.2. The van der Waals surface area contributed by atoms with Gasteiger partial charge in [0.05, 0.1) is 5.75 Å². The number of carbonyl (C=O) groups is 1. The molecule has 3 aliphatic rings. The van der Waals surface area contributed by atoms with Crippen LogP contribution >= 0.6 is 24.0 Å². The molecule has 0 spiro atoms. The van der Waals surface area contributed by atoms with Gasteiger partial charge >= 0.3 is 0 Å². The molecular formula is C13H19NOS2. The molecule has 0 aromatic rings. The number of fused-ring (bicyclic) bond motifs is 2. The molecule has 2 bridgehead atoms. The van der Waals surface area contributed by atoms with E-state index >= 15 is 0 Å². The van der Waals surface area contributed by atoms with Gasteiger partial charge in [0.1, 0.15) is 4.32 Å². The summed E-state index contributed by atoms with van der Waals surface area (Å²) in [6.45, 7) is 7.12. The van der Waals surface area contributed by atoms with Crippen LogP contribution in [0.25, 0.3) is 0 Å². The molecule has 94 valence electrons. The minimum Gasteiger partial charge on any atom is -0.293 e. The second-order valence-corrected chi connectivity index (χ2v) is 8.05. The number of rotatable bonds is 1. The first-order valence-electron chi connectivity index (χ1n) is 6.37. The molecule has 2 saturated carbocycles. The van der Waals surface area contributed by atoms with Gasteiger partial charge in [-0.25, -0.2) is 0 Å². The third-order valence-electron chi connectivity index (χ3n) is 5.84. The highest BCUT2D eigenvalue weighted by molar-refractivity contribution is 8.23. The van der Waals surface area contributed by atoms with Crippen molar-refractivity contribution in [3.05, 3.63) is 0 Å². The maximum absolute atomic E-state index is 12.0. The number of hydrogen-bond donors (Lipinski definition) is 0. The lowest BCUT2D eigenvalue weighted by Gasteiger charge is -2.42. The van der Waals surface area contributed by atoms with Gasteiger partial charge in [-0.15, -0.1) is 0 Å². The van der Waals surface area contributed by atoms with Crippen molar-refractivity contribution in [2.24, 2.45) is 16.7 Å². The molecule has 0 N–H and O–H groups in total. The van der Waals surface area contributed by atoms with Crippen molar-refractivity contribution in [2.45, 2.75) is 46.1 Å². The Kier molecular flexibility index (Phi) is 2.45. The van der Waals surface area contributed by atoms with E-state index in [-0.39, 0.29) is 11.3 Å². The zero-order chi connectivity index (χ0) is 12.4. The zero-order valence-electron chi connectivity index (χ0n) is 10.7. The van der Waals surface area contributed by atoms with E-state index < -0.39 is 0 Å². The van der Waals surface area contributed by atoms with E-state index in [1.807, 2.05) is 4.90 Å². The largest absolute Gasteiger partial charge is 0.293 e. The van der Waals surface area contributed by atoms with E-state index in [4.69, 9.17) is 12.2 Å². The molecule has 1 saturated heterocycles. The van der Waals surface area contributed by atoms with Gasteiger partial charge in [0.25, 0.3) is 0 Å². The second-order valence-electron chi connectivity index (χ2n) is 6.44. The average molecular weight is 269 g/mol. The van der Waals surface area contributed by atoms with Crippen LogP contribution in [0.4, 0.5) is 0 Å². The molecule has 4 heteroatoms. The zero-order valence-corrected chi connectivity index (χ0v) is 12.3. The van der Waals surface area contributed by atoms with Gasteiger partial charge in [0.15, 0.2) is 0 Å². The van der Waals surface area contributed by atoms with E-state index in [2.05, 4.69) is 20.8 Å². The summed E-state index contributed by atoms with van der Waals surface area (Å²) in [5, 5.41) is 0. The summed E-state index contributed by atoms with van der Waals surface area (Å²) in [7, 11) is 0. The first-order chi connectivity index (χ1) is 7.88. The molecule has 17 heavy (non-hydrogen) atoms. The molecule has 2 nitrogen and oxygen atoms in total. The predicted molar refractivity (Wildman–Crippen MR) is 74.9 cm³/mol. The number of amides is 1.